The number of fused-ring (bicyclic) bond motifs is 1. The van der Waals surface area contributed by atoms with Gasteiger partial charge in [-0.3, -0.25) is 9.39 Å². The number of rotatable bonds is 5. The Morgan fingerprint density at radius 2 is 2.16 bits per heavy atom. The first-order chi connectivity index (χ1) is 12.3. The number of aromatic nitrogens is 4. The van der Waals surface area contributed by atoms with Crippen molar-refractivity contribution in [3.05, 3.63) is 18.7 Å². The molecule has 2 aromatic heterocycles. The SMILES string of the molecule is NC(=NCC1CCCN(c2nccn3cnnc23)C1)NCC1CCC1. The van der Waals surface area contributed by atoms with E-state index in [1.165, 1.54) is 25.7 Å². The lowest BCUT2D eigenvalue weighted by molar-refractivity contribution is 0.315. The summed E-state index contributed by atoms with van der Waals surface area (Å²) in [4.78, 5) is 11.4. The van der Waals surface area contributed by atoms with E-state index in [1.807, 2.05) is 10.6 Å². The Hall–Kier alpha value is -2.38. The molecule has 0 amide bonds. The van der Waals surface area contributed by atoms with Crippen LogP contribution in [-0.4, -0.2) is 51.7 Å². The van der Waals surface area contributed by atoms with Crippen molar-refractivity contribution in [3.8, 4) is 0 Å². The summed E-state index contributed by atoms with van der Waals surface area (Å²) in [7, 11) is 0. The van der Waals surface area contributed by atoms with Crippen molar-refractivity contribution in [1.82, 2.24) is 24.9 Å². The number of nitrogens with two attached hydrogens (primary N) is 1. The minimum absolute atomic E-state index is 0.489. The number of nitrogens with zero attached hydrogens (tertiary/aromatic N) is 6. The van der Waals surface area contributed by atoms with Crippen LogP contribution in [0, 0.1) is 11.8 Å². The molecular formula is C17H26N8. The molecule has 1 saturated carbocycles. The molecule has 1 aliphatic carbocycles. The second kappa shape index (κ2) is 7.25. The first-order valence-corrected chi connectivity index (χ1v) is 9.22. The van der Waals surface area contributed by atoms with Crippen molar-refractivity contribution >= 4 is 17.4 Å². The third kappa shape index (κ3) is 3.67. The molecule has 1 unspecified atom stereocenters. The van der Waals surface area contributed by atoms with Gasteiger partial charge in [0.15, 0.2) is 11.8 Å². The van der Waals surface area contributed by atoms with Gasteiger partial charge in [0, 0.05) is 38.6 Å². The molecule has 25 heavy (non-hydrogen) atoms. The van der Waals surface area contributed by atoms with Crippen molar-refractivity contribution < 1.29 is 0 Å². The Labute approximate surface area is 147 Å². The Balaban J connectivity index is 1.35. The molecule has 3 heterocycles. The summed E-state index contributed by atoms with van der Waals surface area (Å²) in [5.41, 5.74) is 6.83. The molecule has 134 valence electrons. The maximum atomic E-state index is 6.02. The van der Waals surface area contributed by atoms with Crippen LogP contribution in [0.3, 0.4) is 0 Å². The molecule has 1 saturated heterocycles. The minimum atomic E-state index is 0.489. The normalized spacial score (nSPS) is 22.2. The fourth-order valence-corrected chi connectivity index (χ4v) is 3.60. The topological polar surface area (TPSA) is 96.7 Å². The summed E-state index contributed by atoms with van der Waals surface area (Å²) in [5.74, 6) is 2.77. The third-order valence-corrected chi connectivity index (χ3v) is 5.33. The van der Waals surface area contributed by atoms with E-state index in [-0.39, 0.29) is 0 Å². The predicted octanol–water partition coefficient (Wildman–Crippen LogP) is 1.05. The Kier molecular flexibility index (Phi) is 4.67. The summed E-state index contributed by atoms with van der Waals surface area (Å²) in [6.07, 6.45) is 11.7. The first-order valence-electron chi connectivity index (χ1n) is 9.22. The molecule has 2 aromatic rings. The molecule has 1 atom stereocenters. The zero-order valence-electron chi connectivity index (χ0n) is 14.5. The number of hydrogen-bond donors (Lipinski definition) is 2. The monoisotopic (exact) mass is 342 g/mol. The molecule has 3 N–H and O–H groups in total. The number of anilines is 1. The van der Waals surface area contributed by atoms with E-state index in [1.54, 1.807) is 12.5 Å². The van der Waals surface area contributed by atoms with Crippen molar-refractivity contribution in [1.29, 1.82) is 0 Å². The second-order valence-corrected chi connectivity index (χ2v) is 7.17. The summed E-state index contributed by atoms with van der Waals surface area (Å²) < 4.78 is 1.91. The van der Waals surface area contributed by atoms with Gasteiger partial charge >= 0.3 is 0 Å². The van der Waals surface area contributed by atoms with Crippen molar-refractivity contribution in [3.63, 3.8) is 0 Å². The van der Waals surface area contributed by atoms with Gasteiger partial charge in [-0.2, -0.15) is 0 Å². The van der Waals surface area contributed by atoms with Gasteiger partial charge in [0.1, 0.15) is 6.33 Å². The molecule has 4 rings (SSSR count). The summed E-state index contributed by atoms with van der Waals surface area (Å²) in [6.45, 7) is 3.65. The number of guanidine groups is 1. The average molecular weight is 342 g/mol. The summed E-state index contributed by atoms with van der Waals surface area (Å²) in [5, 5.41) is 11.4. The number of piperidine rings is 1. The first kappa shape index (κ1) is 16.1. The van der Waals surface area contributed by atoms with E-state index in [0.29, 0.717) is 11.9 Å². The van der Waals surface area contributed by atoms with Gasteiger partial charge in [-0.05, 0) is 37.5 Å². The van der Waals surface area contributed by atoms with Crippen LogP contribution in [-0.2, 0) is 0 Å². The van der Waals surface area contributed by atoms with Gasteiger partial charge in [0.25, 0.3) is 0 Å². The number of nitrogens with one attached hydrogen (secondary N) is 1. The molecule has 2 fully saturated rings. The zero-order valence-corrected chi connectivity index (χ0v) is 14.5. The number of hydrogen-bond acceptors (Lipinski definition) is 5. The fourth-order valence-electron chi connectivity index (χ4n) is 3.60. The van der Waals surface area contributed by atoms with Crippen molar-refractivity contribution in [2.75, 3.05) is 31.1 Å². The highest BCUT2D eigenvalue weighted by atomic mass is 15.3. The molecule has 8 nitrogen and oxygen atoms in total. The molecule has 8 heteroatoms. The molecule has 2 aliphatic rings. The van der Waals surface area contributed by atoms with Crippen molar-refractivity contribution in [2.45, 2.75) is 32.1 Å². The highest BCUT2D eigenvalue weighted by molar-refractivity contribution is 5.77. The third-order valence-electron chi connectivity index (χ3n) is 5.33. The van der Waals surface area contributed by atoms with E-state index in [0.717, 1.165) is 50.0 Å². The van der Waals surface area contributed by atoms with Crippen LogP contribution in [0.1, 0.15) is 32.1 Å². The average Bonchev–Trinajstić information content (AvgIpc) is 3.07. The summed E-state index contributed by atoms with van der Waals surface area (Å²) in [6, 6.07) is 0. The molecule has 0 aromatic carbocycles. The maximum Gasteiger partial charge on any atom is 0.203 e. The van der Waals surface area contributed by atoms with E-state index in [9.17, 15) is 0 Å². The van der Waals surface area contributed by atoms with Gasteiger partial charge in [0.2, 0.25) is 5.65 Å². The Morgan fingerprint density at radius 3 is 3.00 bits per heavy atom. The smallest absolute Gasteiger partial charge is 0.203 e. The molecule has 0 spiro atoms. The van der Waals surface area contributed by atoms with E-state index in [4.69, 9.17) is 5.73 Å². The van der Waals surface area contributed by atoms with E-state index >= 15 is 0 Å². The Bertz CT molecular complexity index is 735. The maximum absolute atomic E-state index is 6.02. The van der Waals surface area contributed by atoms with Crippen LogP contribution in [0.5, 0.6) is 0 Å². The molecule has 0 bridgehead atoms. The van der Waals surface area contributed by atoms with Crippen LogP contribution in [0.15, 0.2) is 23.7 Å². The van der Waals surface area contributed by atoms with Crippen LogP contribution in [0.25, 0.3) is 5.65 Å². The van der Waals surface area contributed by atoms with Gasteiger partial charge in [-0.1, -0.05) is 6.42 Å². The van der Waals surface area contributed by atoms with Gasteiger partial charge in [-0.25, -0.2) is 4.98 Å². The Morgan fingerprint density at radius 1 is 1.28 bits per heavy atom. The largest absolute Gasteiger partial charge is 0.370 e. The fraction of sp³-hybridized carbons (Fsp3) is 0.647. The van der Waals surface area contributed by atoms with Crippen LogP contribution < -0.4 is 16.0 Å². The van der Waals surface area contributed by atoms with Crippen LogP contribution >= 0.6 is 0 Å². The standard InChI is InChI=1S/C17H26N8/c18-17(20-9-13-3-1-4-13)21-10-14-5-2-7-24(11-14)15-16-23-22-12-25(16)8-6-19-15/h6,8,12-14H,1-5,7,9-11H2,(H3,18,20,21). The van der Waals surface area contributed by atoms with Crippen LogP contribution in [0.2, 0.25) is 0 Å². The minimum Gasteiger partial charge on any atom is -0.370 e. The zero-order chi connectivity index (χ0) is 17.1. The molecule has 0 radical (unpaired) electrons. The van der Waals surface area contributed by atoms with Gasteiger partial charge in [0.05, 0.1) is 0 Å². The van der Waals surface area contributed by atoms with Gasteiger partial charge < -0.3 is 16.0 Å². The highest BCUT2D eigenvalue weighted by Gasteiger charge is 2.23. The molecule has 1 aliphatic heterocycles. The lowest BCUT2D eigenvalue weighted by Gasteiger charge is -2.32. The second-order valence-electron chi connectivity index (χ2n) is 7.17. The molecular weight excluding hydrogens is 316 g/mol. The summed E-state index contributed by atoms with van der Waals surface area (Å²) >= 11 is 0. The lowest BCUT2D eigenvalue weighted by atomic mass is 9.85. The quantitative estimate of drug-likeness (QED) is 0.623. The van der Waals surface area contributed by atoms with E-state index in [2.05, 4.69) is 30.4 Å². The lowest BCUT2D eigenvalue weighted by Crippen LogP contribution is -2.39. The number of aliphatic imine (C=N–C) groups is 1. The van der Waals surface area contributed by atoms with Gasteiger partial charge in [-0.15, -0.1) is 10.2 Å². The van der Waals surface area contributed by atoms with Crippen LogP contribution in [0.4, 0.5) is 5.82 Å². The predicted molar refractivity (Wildman–Crippen MR) is 97.6 cm³/mol. The van der Waals surface area contributed by atoms with E-state index < -0.39 is 0 Å². The highest BCUT2D eigenvalue weighted by Crippen LogP contribution is 2.25. The van der Waals surface area contributed by atoms with Crippen molar-refractivity contribution in [2.24, 2.45) is 22.6 Å².